The number of hydrogen-bond donors (Lipinski definition) is 1. The molecule has 0 bridgehead atoms. The smallest absolute Gasteiger partial charge is 0.328 e. The fraction of sp³-hybridized carbons (Fsp3) is 0.652. The Balaban J connectivity index is 1.90. The molecule has 1 saturated heterocycles. The van der Waals surface area contributed by atoms with Gasteiger partial charge in [0.25, 0.3) is 0 Å². The minimum Gasteiger partial charge on any atom is -0.480 e. The van der Waals surface area contributed by atoms with Crippen molar-refractivity contribution in [3.05, 3.63) is 35.9 Å². The molecule has 3 rings (SSSR count). The van der Waals surface area contributed by atoms with Crippen molar-refractivity contribution in [1.82, 2.24) is 4.90 Å². The Labute approximate surface area is 168 Å². The third kappa shape index (κ3) is 3.82. The highest BCUT2D eigenvalue weighted by molar-refractivity contribution is 5.89. The summed E-state index contributed by atoms with van der Waals surface area (Å²) in [4.78, 5) is 27.2. The van der Waals surface area contributed by atoms with Crippen LogP contribution in [0.2, 0.25) is 0 Å². The Kier molecular flexibility index (Phi) is 5.85. The van der Waals surface area contributed by atoms with Gasteiger partial charge in [0.05, 0.1) is 12.5 Å². The Morgan fingerprint density at radius 3 is 2.32 bits per heavy atom. The van der Waals surface area contributed by atoms with E-state index in [2.05, 4.69) is 20.8 Å². The number of amides is 1. The van der Waals surface area contributed by atoms with Crippen molar-refractivity contribution in [3.63, 3.8) is 0 Å². The van der Waals surface area contributed by atoms with Gasteiger partial charge in [0.1, 0.15) is 5.72 Å². The van der Waals surface area contributed by atoms with Crippen molar-refractivity contribution in [2.75, 3.05) is 6.61 Å². The summed E-state index contributed by atoms with van der Waals surface area (Å²) in [6.07, 6.45) is 3.93. The normalized spacial score (nSPS) is 29.1. The van der Waals surface area contributed by atoms with E-state index in [9.17, 15) is 14.7 Å². The largest absolute Gasteiger partial charge is 0.480 e. The predicted octanol–water partition coefficient (Wildman–Crippen LogP) is 4.42. The summed E-state index contributed by atoms with van der Waals surface area (Å²) < 4.78 is 6.10. The number of ether oxygens (including phenoxy) is 1. The summed E-state index contributed by atoms with van der Waals surface area (Å²) in [5.41, 5.74) is 0.367. The molecule has 1 aromatic rings. The lowest BCUT2D eigenvalue weighted by molar-refractivity contribution is -0.167. The van der Waals surface area contributed by atoms with Crippen molar-refractivity contribution in [2.24, 2.45) is 11.3 Å². The highest BCUT2D eigenvalue weighted by Gasteiger charge is 2.55. The van der Waals surface area contributed by atoms with Crippen LogP contribution in [0.1, 0.15) is 71.3 Å². The Morgan fingerprint density at radius 1 is 1.21 bits per heavy atom. The van der Waals surface area contributed by atoms with Crippen LogP contribution in [0.4, 0.5) is 0 Å². The molecule has 0 radical (unpaired) electrons. The first-order valence-corrected chi connectivity index (χ1v) is 10.4. The summed E-state index contributed by atoms with van der Waals surface area (Å²) >= 11 is 0. The Bertz CT molecular complexity index is 701. The van der Waals surface area contributed by atoms with Crippen LogP contribution in [0.15, 0.2) is 30.3 Å². The quantitative estimate of drug-likeness (QED) is 0.830. The molecule has 5 nitrogen and oxygen atoms in total. The third-order valence-electron chi connectivity index (χ3n) is 6.68. The fourth-order valence-corrected chi connectivity index (χ4v) is 4.92. The van der Waals surface area contributed by atoms with Crippen LogP contribution in [0.25, 0.3) is 0 Å². The Hall–Kier alpha value is -1.88. The molecule has 1 aliphatic heterocycles. The van der Waals surface area contributed by atoms with Crippen LogP contribution in [-0.4, -0.2) is 40.3 Å². The van der Waals surface area contributed by atoms with Gasteiger partial charge in [0.2, 0.25) is 5.91 Å². The molecule has 1 N–H and O–H groups in total. The maximum atomic E-state index is 13.6. The lowest BCUT2D eigenvalue weighted by Crippen LogP contribution is -2.56. The van der Waals surface area contributed by atoms with Gasteiger partial charge in [-0.1, -0.05) is 58.0 Å². The van der Waals surface area contributed by atoms with Gasteiger partial charge in [-0.3, -0.25) is 9.69 Å². The number of aliphatic carboxylic acids is 1. The van der Waals surface area contributed by atoms with E-state index in [0.29, 0.717) is 25.2 Å². The highest BCUT2D eigenvalue weighted by atomic mass is 16.5. The molecular formula is C23H33NO4. The number of carboxylic acid groups (broad SMARTS) is 1. The van der Waals surface area contributed by atoms with Crippen LogP contribution >= 0.6 is 0 Å². The minimum absolute atomic E-state index is 0.0759. The lowest BCUT2D eigenvalue weighted by Gasteiger charge is -2.46. The second-order valence-electron chi connectivity index (χ2n) is 9.33. The average molecular weight is 388 g/mol. The molecule has 0 unspecified atom stereocenters. The second kappa shape index (κ2) is 7.86. The van der Waals surface area contributed by atoms with Gasteiger partial charge >= 0.3 is 5.97 Å². The third-order valence-corrected chi connectivity index (χ3v) is 6.68. The summed E-state index contributed by atoms with van der Waals surface area (Å²) in [6, 6.07) is 8.75. The van der Waals surface area contributed by atoms with E-state index in [1.54, 1.807) is 4.90 Å². The highest BCUT2D eigenvalue weighted by Crippen LogP contribution is 2.48. The first-order chi connectivity index (χ1) is 13.2. The molecular weight excluding hydrogens is 354 g/mol. The van der Waals surface area contributed by atoms with Crippen LogP contribution in [0.3, 0.4) is 0 Å². The average Bonchev–Trinajstić information content (AvgIpc) is 3.01. The molecule has 2 fully saturated rings. The first kappa shape index (κ1) is 20.8. The summed E-state index contributed by atoms with van der Waals surface area (Å²) in [5.74, 6) is -0.889. The molecule has 1 aliphatic carbocycles. The van der Waals surface area contributed by atoms with Crippen molar-refractivity contribution >= 4 is 11.9 Å². The first-order valence-electron chi connectivity index (χ1n) is 10.4. The molecule has 1 aromatic carbocycles. The van der Waals surface area contributed by atoms with E-state index >= 15 is 0 Å². The molecule has 28 heavy (non-hydrogen) atoms. The van der Waals surface area contributed by atoms with Crippen LogP contribution in [0.5, 0.6) is 0 Å². The molecule has 1 saturated carbocycles. The number of hydrogen-bond acceptors (Lipinski definition) is 3. The second-order valence-corrected chi connectivity index (χ2v) is 9.33. The maximum Gasteiger partial charge on any atom is 0.328 e. The number of carboxylic acids is 1. The molecule has 154 valence electrons. The fourth-order valence-electron chi connectivity index (χ4n) is 4.92. The molecule has 5 heteroatoms. The van der Waals surface area contributed by atoms with Crippen LogP contribution in [0, 0.1) is 11.3 Å². The van der Waals surface area contributed by atoms with E-state index in [0.717, 1.165) is 18.4 Å². The van der Waals surface area contributed by atoms with Gasteiger partial charge in [-0.05, 0) is 49.0 Å². The standard InChI is InChI=1S/C23H33NO4/c1-5-18(16-9-7-6-8-10-16)20(25)24-19(21(26)27)15-28-23(24)13-11-17(12-14-23)22(2,3)4/h6-10,17-19H,5,11-15H2,1-4H3,(H,26,27)/t17?,18-,19+,23?/m0/s1. The Morgan fingerprint density at radius 2 is 1.82 bits per heavy atom. The van der Waals surface area contributed by atoms with E-state index < -0.39 is 17.7 Å². The monoisotopic (exact) mass is 387 g/mol. The number of carbonyl (C=O) groups is 2. The van der Waals surface area contributed by atoms with Crippen molar-refractivity contribution in [1.29, 1.82) is 0 Å². The van der Waals surface area contributed by atoms with Gasteiger partial charge < -0.3 is 9.84 Å². The van der Waals surface area contributed by atoms with Crippen molar-refractivity contribution < 1.29 is 19.4 Å². The van der Waals surface area contributed by atoms with Gasteiger partial charge in [0, 0.05) is 0 Å². The van der Waals surface area contributed by atoms with Crippen molar-refractivity contribution in [2.45, 2.75) is 77.5 Å². The number of carbonyl (C=O) groups excluding carboxylic acids is 1. The zero-order valence-electron chi connectivity index (χ0n) is 17.5. The lowest BCUT2D eigenvalue weighted by atomic mass is 9.70. The number of nitrogens with zero attached hydrogens (tertiary/aromatic N) is 1. The SMILES string of the molecule is CC[C@H](C(=O)N1[C@@H](C(=O)O)COC12CCC(C(C)(C)C)CC2)c1ccccc1. The molecule has 1 heterocycles. The van der Waals surface area contributed by atoms with E-state index in [1.807, 2.05) is 37.3 Å². The molecule has 0 aromatic heterocycles. The van der Waals surface area contributed by atoms with Gasteiger partial charge in [-0.25, -0.2) is 4.79 Å². The van der Waals surface area contributed by atoms with Crippen molar-refractivity contribution in [3.8, 4) is 0 Å². The van der Waals surface area contributed by atoms with Crippen LogP contribution in [-0.2, 0) is 14.3 Å². The van der Waals surface area contributed by atoms with Gasteiger partial charge in [-0.2, -0.15) is 0 Å². The number of rotatable bonds is 4. The predicted molar refractivity (Wildman–Crippen MR) is 108 cm³/mol. The van der Waals surface area contributed by atoms with Gasteiger partial charge in [0.15, 0.2) is 6.04 Å². The van der Waals surface area contributed by atoms with Gasteiger partial charge in [-0.15, -0.1) is 0 Å². The molecule has 2 aliphatic rings. The van der Waals surface area contributed by atoms with E-state index in [-0.39, 0.29) is 23.8 Å². The van der Waals surface area contributed by atoms with Crippen LogP contribution < -0.4 is 0 Å². The van der Waals surface area contributed by atoms with E-state index in [1.165, 1.54) is 0 Å². The molecule has 1 amide bonds. The maximum absolute atomic E-state index is 13.6. The summed E-state index contributed by atoms with van der Waals surface area (Å²) in [7, 11) is 0. The zero-order chi connectivity index (χ0) is 20.5. The minimum atomic E-state index is -0.980. The molecule has 1 spiro atoms. The molecule has 2 atom stereocenters. The van der Waals surface area contributed by atoms with E-state index in [4.69, 9.17) is 4.74 Å². The number of benzene rings is 1. The summed E-state index contributed by atoms with van der Waals surface area (Å²) in [5, 5.41) is 9.78. The topological polar surface area (TPSA) is 66.8 Å². The summed E-state index contributed by atoms with van der Waals surface area (Å²) in [6.45, 7) is 8.79. The zero-order valence-corrected chi connectivity index (χ0v) is 17.5.